The molecule has 1 fully saturated rings. The highest BCUT2D eigenvalue weighted by atomic mass is 16.5. The second kappa shape index (κ2) is 15.5. The number of urea groups is 1. The molecule has 0 unspecified atom stereocenters. The monoisotopic (exact) mass is 668 g/mol. The highest BCUT2D eigenvalue weighted by molar-refractivity contribution is 5.97. The lowest BCUT2D eigenvalue weighted by Crippen LogP contribution is -2.41. The summed E-state index contributed by atoms with van der Waals surface area (Å²) >= 11 is 0. The fourth-order valence-electron chi connectivity index (χ4n) is 6.12. The van der Waals surface area contributed by atoms with Crippen molar-refractivity contribution in [3.8, 4) is 11.5 Å². The van der Waals surface area contributed by atoms with Crippen LogP contribution in [0, 0.1) is 21.6 Å². The molecule has 260 valence electrons. The van der Waals surface area contributed by atoms with E-state index in [-0.39, 0.29) is 36.9 Å². The molecule has 2 heterocycles. The van der Waals surface area contributed by atoms with Gasteiger partial charge in [-0.3, -0.25) is 25.6 Å². The maximum Gasteiger partial charge on any atom is 0.320 e. The Labute approximate surface area is 287 Å². The molecule has 2 aromatic carbocycles. The number of benzene rings is 2. The van der Waals surface area contributed by atoms with Crippen molar-refractivity contribution < 1.29 is 19.4 Å². The van der Waals surface area contributed by atoms with E-state index in [2.05, 4.69) is 20.9 Å². The summed E-state index contributed by atoms with van der Waals surface area (Å²) in [6, 6.07) is 17.8. The Morgan fingerprint density at radius 2 is 1.80 bits per heavy atom. The first-order chi connectivity index (χ1) is 23.4. The molecule has 2 amide bonds. The number of aromatic nitrogens is 1. The summed E-state index contributed by atoms with van der Waals surface area (Å²) in [6.45, 7) is 6.80. The summed E-state index contributed by atoms with van der Waals surface area (Å²) in [5.74, 6) is 1.86. The molecule has 49 heavy (non-hydrogen) atoms. The van der Waals surface area contributed by atoms with Gasteiger partial charge in [-0.05, 0) is 74.7 Å². The van der Waals surface area contributed by atoms with Gasteiger partial charge >= 0.3 is 6.03 Å². The van der Waals surface area contributed by atoms with E-state index in [1.165, 1.54) is 0 Å². The second-order valence-electron chi connectivity index (χ2n) is 13.6. The Kier molecular flexibility index (Phi) is 11.2. The number of carbonyl (C=O) groups is 1. The summed E-state index contributed by atoms with van der Waals surface area (Å²) in [4.78, 5) is 15.7. The molecule has 1 aliphatic carbocycles. The summed E-state index contributed by atoms with van der Waals surface area (Å²) in [7, 11) is 2.01. The molecule has 0 bridgehead atoms. The summed E-state index contributed by atoms with van der Waals surface area (Å²) in [5, 5.41) is 44.2. The van der Waals surface area contributed by atoms with Crippen molar-refractivity contribution in [3.63, 3.8) is 0 Å². The molecule has 5 rings (SSSR count). The van der Waals surface area contributed by atoms with Gasteiger partial charge in [-0.25, -0.2) is 4.79 Å². The van der Waals surface area contributed by atoms with Gasteiger partial charge in [0.1, 0.15) is 41.4 Å². The lowest BCUT2D eigenvalue weighted by atomic mass is 9.85. The molecule has 3 aromatic rings. The molecular formula is C37H48N8O4. The molecule has 0 spiro atoms. The van der Waals surface area contributed by atoms with Crippen LogP contribution in [0.2, 0.25) is 0 Å². The number of likely N-dealkylation sites (N-methyl/N-ethyl adjacent to an activating group) is 1. The Morgan fingerprint density at radius 3 is 2.51 bits per heavy atom. The molecule has 1 saturated heterocycles. The van der Waals surface area contributed by atoms with Crippen LogP contribution in [0.25, 0.3) is 0 Å². The third kappa shape index (κ3) is 8.95. The Bertz CT molecular complexity index is 1760. The summed E-state index contributed by atoms with van der Waals surface area (Å²) < 4.78 is 13.6. The van der Waals surface area contributed by atoms with Gasteiger partial charge in [-0.1, -0.05) is 51.1 Å². The molecule has 2 aliphatic rings. The SMILES string of the molecule is CN1CCC[C@H]1C(=N)n1cc(O[C@@H]2CC[C@H](NC(=O)N/C(=C/C(=N)C(C)(C)C)Nc3cccc(OCCO)c3)c3ccccc32)ccc1=N. The molecule has 7 N–H and O–H groups in total. The third-order valence-electron chi connectivity index (χ3n) is 8.85. The van der Waals surface area contributed by atoms with Crippen molar-refractivity contribution in [2.75, 3.05) is 32.1 Å². The van der Waals surface area contributed by atoms with Crippen LogP contribution < -0.4 is 30.9 Å². The van der Waals surface area contributed by atoms with E-state index in [9.17, 15) is 4.79 Å². The third-order valence-corrected chi connectivity index (χ3v) is 8.85. The number of pyridine rings is 1. The normalized spacial score (nSPS) is 19.4. The number of rotatable bonds is 11. The number of ether oxygens (including phenoxy) is 2. The van der Waals surface area contributed by atoms with Crippen LogP contribution in [0.3, 0.4) is 0 Å². The van der Waals surface area contributed by atoms with Crippen LogP contribution in [0.4, 0.5) is 10.5 Å². The van der Waals surface area contributed by atoms with Crippen molar-refractivity contribution >= 4 is 23.3 Å². The number of allylic oxidation sites excluding steroid dienone is 1. The minimum absolute atomic E-state index is 0.0293. The molecular weight excluding hydrogens is 620 g/mol. The van der Waals surface area contributed by atoms with Crippen LogP contribution in [-0.2, 0) is 0 Å². The van der Waals surface area contributed by atoms with Gasteiger partial charge in [0.2, 0.25) is 0 Å². The molecule has 0 radical (unpaired) electrons. The largest absolute Gasteiger partial charge is 0.491 e. The number of anilines is 1. The summed E-state index contributed by atoms with van der Waals surface area (Å²) in [5.41, 5.74) is 2.69. The van der Waals surface area contributed by atoms with Crippen LogP contribution in [0.1, 0.15) is 69.7 Å². The number of nitrogens with zero attached hydrogens (tertiary/aromatic N) is 2. The molecule has 12 nitrogen and oxygen atoms in total. The zero-order chi connectivity index (χ0) is 35.1. The summed E-state index contributed by atoms with van der Waals surface area (Å²) in [6.07, 6.45) is 6.27. The van der Waals surface area contributed by atoms with Crippen molar-refractivity contribution in [1.29, 1.82) is 16.2 Å². The molecule has 0 saturated carbocycles. The highest BCUT2D eigenvalue weighted by Gasteiger charge is 2.30. The maximum absolute atomic E-state index is 13.5. The topological polar surface area (TPSA) is 172 Å². The Balaban J connectivity index is 1.30. The Morgan fingerprint density at radius 1 is 1.02 bits per heavy atom. The molecule has 12 heteroatoms. The van der Waals surface area contributed by atoms with Gasteiger partial charge < -0.3 is 30.6 Å². The van der Waals surface area contributed by atoms with Gasteiger partial charge in [-0.2, -0.15) is 0 Å². The van der Waals surface area contributed by atoms with Crippen LogP contribution in [-0.4, -0.2) is 65.0 Å². The number of hydrogen-bond donors (Lipinski definition) is 7. The first-order valence-electron chi connectivity index (χ1n) is 16.7. The minimum atomic E-state index is -0.443. The van der Waals surface area contributed by atoms with Crippen molar-refractivity contribution in [3.05, 3.63) is 95.4 Å². The average Bonchev–Trinajstić information content (AvgIpc) is 3.50. The van der Waals surface area contributed by atoms with Crippen LogP contribution in [0.5, 0.6) is 11.5 Å². The van der Waals surface area contributed by atoms with Crippen molar-refractivity contribution in [2.24, 2.45) is 5.41 Å². The van der Waals surface area contributed by atoms with Gasteiger partial charge in [0.05, 0.1) is 24.9 Å². The quantitative estimate of drug-likeness (QED) is 0.105. The number of likely N-dealkylation sites (tertiary alicyclic amines) is 1. The van der Waals surface area contributed by atoms with E-state index in [4.69, 9.17) is 30.8 Å². The smallest absolute Gasteiger partial charge is 0.320 e. The van der Waals surface area contributed by atoms with Crippen molar-refractivity contribution in [2.45, 2.75) is 64.6 Å². The first-order valence-corrected chi connectivity index (χ1v) is 16.7. The average molecular weight is 669 g/mol. The van der Waals surface area contributed by atoms with Gasteiger partial charge in [0.25, 0.3) is 0 Å². The number of aliphatic hydroxyl groups is 1. The van der Waals surface area contributed by atoms with Crippen molar-refractivity contribution in [1.82, 2.24) is 20.1 Å². The predicted molar refractivity (Wildman–Crippen MR) is 190 cm³/mol. The maximum atomic E-state index is 13.5. The lowest BCUT2D eigenvalue weighted by Gasteiger charge is -2.32. The number of nitrogens with one attached hydrogen (secondary N) is 6. The van der Waals surface area contributed by atoms with Crippen LogP contribution >= 0.6 is 0 Å². The van der Waals surface area contributed by atoms with E-state index < -0.39 is 11.4 Å². The number of carbonyl (C=O) groups excluding carboxylic acids is 1. The number of hydrogen-bond acceptors (Lipinski definition) is 9. The fraction of sp³-hybridized carbons (Fsp3) is 0.405. The predicted octanol–water partition coefficient (Wildman–Crippen LogP) is 5.53. The Hall–Kier alpha value is -4.94. The molecule has 3 atom stereocenters. The van der Waals surface area contributed by atoms with E-state index in [1.54, 1.807) is 47.2 Å². The van der Waals surface area contributed by atoms with Crippen LogP contribution in [0.15, 0.2) is 78.8 Å². The number of aliphatic hydroxyl groups excluding tert-OH is 1. The zero-order valence-electron chi connectivity index (χ0n) is 28.7. The first kappa shape index (κ1) is 35.4. The van der Waals surface area contributed by atoms with E-state index in [1.807, 2.05) is 58.2 Å². The zero-order valence-corrected chi connectivity index (χ0v) is 28.7. The number of amides is 2. The minimum Gasteiger partial charge on any atom is -0.491 e. The second-order valence-corrected chi connectivity index (χ2v) is 13.6. The number of fused-ring (bicyclic) bond motifs is 1. The molecule has 1 aliphatic heterocycles. The van der Waals surface area contributed by atoms with E-state index in [0.717, 1.165) is 30.5 Å². The highest BCUT2D eigenvalue weighted by Crippen LogP contribution is 2.38. The fourth-order valence-corrected chi connectivity index (χ4v) is 6.12. The van der Waals surface area contributed by atoms with Gasteiger partial charge in [0, 0.05) is 29.0 Å². The van der Waals surface area contributed by atoms with Gasteiger partial charge in [-0.15, -0.1) is 0 Å². The van der Waals surface area contributed by atoms with E-state index >= 15 is 0 Å². The van der Waals surface area contributed by atoms with Gasteiger partial charge in [0.15, 0.2) is 0 Å². The van der Waals surface area contributed by atoms with E-state index in [0.29, 0.717) is 47.4 Å². The standard InChI is InChI=1S/C37H48N8O4/c1-37(2,3)32(38)22-34(41-24-9-7-10-25(21-24)48-20-19-46)43-36(47)42-29-15-16-31(28-12-6-5-11-27(28)29)49-26-14-17-33(39)45(23-26)35(40)30-13-8-18-44(30)4/h5-7,9-12,14,17,21-23,29-31,38-41,46H,8,13,15-16,18-20H2,1-4H3,(H2,42,43,47)/b34-22+,38-32?,39-33?,40-35?/t29-,30-,31+/m0/s1. The molecule has 1 aromatic heterocycles. The lowest BCUT2D eigenvalue weighted by molar-refractivity contribution is 0.170.